The summed E-state index contributed by atoms with van der Waals surface area (Å²) in [6.45, 7) is 4.68. The van der Waals surface area contributed by atoms with Crippen molar-refractivity contribution in [2.45, 2.75) is 50.3 Å². The molecule has 8 heteroatoms. The first-order chi connectivity index (χ1) is 14.0. The van der Waals surface area contributed by atoms with Gasteiger partial charge in [-0.15, -0.1) is 0 Å². The largest absolute Gasteiger partial charge is 0.492 e. The summed E-state index contributed by atoms with van der Waals surface area (Å²) in [4.78, 5) is 12.9. The van der Waals surface area contributed by atoms with Gasteiger partial charge < -0.3 is 14.8 Å². The number of nitrogens with zero attached hydrogens (tertiary/aromatic N) is 1. The van der Waals surface area contributed by atoms with Gasteiger partial charge in [0.1, 0.15) is 10.6 Å². The van der Waals surface area contributed by atoms with E-state index in [4.69, 9.17) is 9.47 Å². The molecule has 160 valence electrons. The van der Waals surface area contributed by atoms with E-state index >= 15 is 0 Å². The van der Waals surface area contributed by atoms with Gasteiger partial charge in [-0.3, -0.25) is 4.79 Å². The Morgan fingerprint density at radius 1 is 1.24 bits per heavy atom. The summed E-state index contributed by atoms with van der Waals surface area (Å²) in [6, 6.07) is 4.91. The number of rotatable bonds is 6. The van der Waals surface area contributed by atoms with E-state index in [1.165, 1.54) is 4.31 Å². The number of carbonyl (C=O) groups is 1. The van der Waals surface area contributed by atoms with Crippen molar-refractivity contribution in [1.29, 1.82) is 0 Å². The van der Waals surface area contributed by atoms with Gasteiger partial charge in [0.05, 0.1) is 6.61 Å². The van der Waals surface area contributed by atoms with Crippen molar-refractivity contribution in [3.05, 3.63) is 18.2 Å². The van der Waals surface area contributed by atoms with Crippen LogP contribution in [0, 0.1) is 11.3 Å². The number of hydrogen-bond acceptors (Lipinski definition) is 5. The maximum atomic E-state index is 13.2. The number of carbonyl (C=O) groups excluding carboxylic acids is 1. The molecule has 0 bridgehead atoms. The predicted molar refractivity (Wildman–Crippen MR) is 109 cm³/mol. The highest BCUT2D eigenvalue weighted by atomic mass is 32.2. The molecule has 3 aliphatic rings. The Morgan fingerprint density at radius 2 is 1.97 bits per heavy atom. The smallest absolute Gasteiger partial charge is 0.246 e. The summed E-state index contributed by atoms with van der Waals surface area (Å²) >= 11 is 0. The lowest BCUT2D eigenvalue weighted by Crippen LogP contribution is -2.35. The zero-order valence-corrected chi connectivity index (χ0v) is 17.8. The van der Waals surface area contributed by atoms with Crippen LogP contribution >= 0.6 is 0 Å². The second-order valence-electron chi connectivity index (χ2n) is 8.28. The highest BCUT2D eigenvalue weighted by Crippen LogP contribution is 2.59. The minimum absolute atomic E-state index is 0.0138. The van der Waals surface area contributed by atoms with Crippen molar-refractivity contribution in [3.8, 4) is 5.75 Å². The molecule has 4 rings (SSSR count). The topological polar surface area (TPSA) is 84.9 Å². The van der Waals surface area contributed by atoms with Crippen molar-refractivity contribution < 1.29 is 22.7 Å². The van der Waals surface area contributed by atoms with Crippen LogP contribution in [0.2, 0.25) is 0 Å². The van der Waals surface area contributed by atoms with E-state index < -0.39 is 10.0 Å². The Hall–Kier alpha value is -1.64. The zero-order valence-electron chi connectivity index (χ0n) is 17.0. The second-order valence-corrected chi connectivity index (χ2v) is 10.2. The number of sulfonamides is 1. The summed E-state index contributed by atoms with van der Waals surface area (Å²) in [7, 11) is -3.66. The molecule has 0 aromatic heterocycles. The number of hydrogen-bond donors (Lipinski definition) is 1. The lowest BCUT2D eigenvalue weighted by Gasteiger charge is -2.27. The first-order valence-electron chi connectivity index (χ1n) is 10.6. The van der Waals surface area contributed by atoms with E-state index in [0.717, 1.165) is 38.5 Å². The van der Waals surface area contributed by atoms with Crippen LogP contribution in [0.15, 0.2) is 23.1 Å². The third-order valence-electron chi connectivity index (χ3n) is 6.44. The van der Waals surface area contributed by atoms with Crippen molar-refractivity contribution in [1.82, 2.24) is 4.31 Å². The van der Waals surface area contributed by atoms with Gasteiger partial charge in [0, 0.05) is 37.9 Å². The summed E-state index contributed by atoms with van der Waals surface area (Å²) in [5, 5.41) is 2.94. The Balaban J connectivity index is 1.54. The Morgan fingerprint density at radius 3 is 2.66 bits per heavy atom. The third-order valence-corrected chi connectivity index (χ3v) is 8.36. The van der Waals surface area contributed by atoms with Gasteiger partial charge in [-0.05, 0) is 62.6 Å². The van der Waals surface area contributed by atoms with E-state index in [2.05, 4.69) is 5.32 Å². The fourth-order valence-corrected chi connectivity index (χ4v) is 6.26. The molecular formula is C21H30N2O5S. The molecule has 1 aliphatic carbocycles. The van der Waals surface area contributed by atoms with Crippen LogP contribution in [0.5, 0.6) is 5.75 Å². The molecule has 1 aromatic carbocycles. The molecular weight excluding hydrogens is 392 g/mol. The third kappa shape index (κ3) is 4.15. The van der Waals surface area contributed by atoms with Crippen molar-refractivity contribution in [2.75, 3.05) is 38.2 Å². The van der Waals surface area contributed by atoms with Crippen molar-refractivity contribution in [3.63, 3.8) is 0 Å². The normalized spacial score (nSPS) is 24.2. The zero-order chi connectivity index (χ0) is 20.5. The molecule has 7 nitrogen and oxygen atoms in total. The van der Waals surface area contributed by atoms with Gasteiger partial charge in [0.25, 0.3) is 0 Å². The lowest BCUT2D eigenvalue weighted by molar-refractivity contribution is -0.118. The minimum atomic E-state index is -3.66. The van der Waals surface area contributed by atoms with Gasteiger partial charge in [-0.1, -0.05) is 6.42 Å². The van der Waals surface area contributed by atoms with Gasteiger partial charge in [-0.25, -0.2) is 8.42 Å². The molecule has 2 heterocycles. The van der Waals surface area contributed by atoms with Crippen LogP contribution in [-0.2, 0) is 19.6 Å². The summed E-state index contributed by atoms with van der Waals surface area (Å²) in [6.07, 6.45) is 5.51. The SMILES string of the molecule is CCOc1ccc(NC(=O)C2CC23CCOCC3)cc1S(=O)(=O)N1CCCCC1. The maximum absolute atomic E-state index is 13.2. The van der Waals surface area contributed by atoms with Gasteiger partial charge in [0.15, 0.2) is 0 Å². The molecule has 1 atom stereocenters. The van der Waals surface area contributed by atoms with Crippen LogP contribution in [-0.4, -0.2) is 51.5 Å². The number of ether oxygens (including phenoxy) is 2. The molecule has 1 N–H and O–H groups in total. The number of anilines is 1. The average Bonchev–Trinajstić information content (AvgIpc) is 3.43. The highest BCUT2D eigenvalue weighted by molar-refractivity contribution is 7.89. The van der Waals surface area contributed by atoms with E-state index in [1.54, 1.807) is 18.2 Å². The monoisotopic (exact) mass is 422 g/mol. The maximum Gasteiger partial charge on any atom is 0.246 e. The second kappa shape index (κ2) is 8.24. The van der Waals surface area contributed by atoms with Crippen LogP contribution in [0.3, 0.4) is 0 Å². The average molecular weight is 423 g/mol. The number of amides is 1. The minimum Gasteiger partial charge on any atom is -0.492 e. The number of piperidine rings is 1. The van der Waals surface area contributed by atoms with Crippen LogP contribution in [0.1, 0.15) is 45.4 Å². The van der Waals surface area contributed by atoms with E-state index in [0.29, 0.717) is 44.3 Å². The fraction of sp³-hybridized carbons (Fsp3) is 0.667. The molecule has 1 unspecified atom stereocenters. The van der Waals surface area contributed by atoms with Gasteiger partial charge in [0.2, 0.25) is 15.9 Å². The van der Waals surface area contributed by atoms with Crippen LogP contribution in [0.4, 0.5) is 5.69 Å². The van der Waals surface area contributed by atoms with Crippen LogP contribution < -0.4 is 10.1 Å². The lowest BCUT2D eigenvalue weighted by atomic mass is 9.93. The molecule has 0 radical (unpaired) electrons. The van der Waals surface area contributed by atoms with E-state index in [1.807, 2.05) is 6.92 Å². The first-order valence-corrected chi connectivity index (χ1v) is 12.1. The standard InChI is InChI=1S/C21H30N2O5S/c1-2-28-18-7-6-16(14-19(18)29(25,26)23-10-4-3-5-11-23)22-20(24)17-15-21(17)8-12-27-13-9-21/h6-7,14,17H,2-5,8-13,15H2,1H3,(H,22,24). The van der Waals surface area contributed by atoms with Crippen molar-refractivity contribution >= 4 is 21.6 Å². The number of benzene rings is 1. The number of nitrogens with one attached hydrogen (secondary N) is 1. The molecule has 1 spiro atoms. The Kier molecular flexibility index (Phi) is 5.86. The molecule has 2 saturated heterocycles. The van der Waals surface area contributed by atoms with Crippen molar-refractivity contribution in [2.24, 2.45) is 11.3 Å². The first kappa shape index (κ1) is 20.6. The molecule has 1 amide bonds. The molecule has 1 aromatic rings. The Bertz CT molecular complexity index is 858. The fourth-order valence-electron chi connectivity index (χ4n) is 4.58. The summed E-state index contributed by atoms with van der Waals surface area (Å²) in [5.41, 5.74) is 0.583. The molecule has 2 aliphatic heterocycles. The highest BCUT2D eigenvalue weighted by Gasteiger charge is 2.58. The molecule has 29 heavy (non-hydrogen) atoms. The van der Waals surface area contributed by atoms with E-state index in [9.17, 15) is 13.2 Å². The van der Waals surface area contributed by atoms with Crippen LogP contribution in [0.25, 0.3) is 0 Å². The molecule has 1 saturated carbocycles. The quantitative estimate of drug-likeness (QED) is 0.762. The van der Waals surface area contributed by atoms with E-state index in [-0.39, 0.29) is 22.1 Å². The Labute approximate surface area is 172 Å². The van der Waals surface area contributed by atoms with Gasteiger partial charge >= 0.3 is 0 Å². The summed E-state index contributed by atoms with van der Waals surface area (Å²) < 4.78 is 39.0. The summed E-state index contributed by atoms with van der Waals surface area (Å²) in [5.74, 6) is 0.292. The molecule has 3 fully saturated rings. The predicted octanol–water partition coefficient (Wildman–Crippen LogP) is 3.02. The van der Waals surface area contributed by atoms with Gasteiger partial charge in [-0.2, -0.15) is 4.31 Å².